The molecule has 0 saturated heterocycles. The maximum Gasteiger partial charge on any atom is 0.239 e. The SMILES string of the molecule is CCCNC(=O)CNC(=O)CCOc1ccc(C)cc1. The molecule has 0 aromatic heterocycles. The molecule has 0 bridgehead atoms. The summed E-state index contributed by atoms with van der Waals surface area (Å²) in [5.41, 5.74) is 1.16. The van der Waals surface area contributed by atoms with Gasteiger partial charge in [0.15, 0.2) is 0 Å². The monoisotopic (exact) mass is 278 g/mol. The van der Waals surface area contributed by atoms with Gasteiger partial charge in [0.1, 0.15) is 5.75 Å². The van der Waals surface area contributed by atoms with Crippen LogP contribution in [0.5, 0.6) is 5.75 Å². The fourth-order valence-corrected chi connectivity index (χ4v) is 1.49. The average Bonchev–Trinajstić information content (AvgIpc) is 2.45. The van der Waals surface area contributed by atoms with Gasteiger partial charge >= 0.3 is 0 Å². The van der Waals surface area contributed by atoms with E-state index in [2.05, 4.69) is 10.6 Å². The Hall–Kier alpha value is -2.04. The number of benzene rings is 1. The highest BCUT2D eigenvalue weighted by Crippen LogP contribution is 2.11. The number of rotatable bonds is 8. The lowest BCUT2D eigenvalue weighted by molar-refractivity contribution is -0.126. The van der Waals surface area contributed by atoms with Crippen molar-refractivity contribution in [2.75, 3.05) is 19.7 Å². The van der Waals surface area contributed by atoms with Crippen LogP contribution >= 0.6 is 0 Å². The Morgan fingerprint density at radius 3 is 2.45 bits per heavy atom. The van der Waals surface area contributed by atoms with Crippen molar-refractivity contribution < 1.29 is 14.3 Å². The van der Waals surface area contributed by atoms with Gasteiger partial charge in [0.25, 0.3) is 0 Å². The molecule has 0 fully saturated rings. The molecule has 0 aliphatic carbocycles. The summed E-state index contributed by atoms with van der Waals surface area (Å²) in [6.07, 6.45) is 1.11. The second kappa shape index (κ2) is 8.96. The summed E-state index contributed by atoms with van der Waals surface area (Å²) in [6, 6.07) is 7.64. The van der Waals surface area contributed by atoms with Crippen LogP contribution in [-0.4, -0.2) is 31.5 Å². The third-order valence-electron chi connectivity index (χ3n) is 2.64. The van der Waals surface area contributed by atoms with Gasteiger partial charge in [0.2, 0.25) is 11.8 Å². The van der Waals surface area contributed by atoms with Gasteiger partial charge in [0, 0.05) is 6.54 Å². The van der Waals surface area contributed by atoms with Crippen molar-refractivity contribution in [1.29, 1.82) is 0 Å². The van der Waals surface area contributed by atoms with E-state index < -0.39 is 0 Å². The van der Waals surface area contributed by atoms with Gasteiger partial charge in [-0.15, -0.1) is 0 Å². The highest BCUT2D eigenvalue weighted by atomic mass is 16.5. The summed E-state index contributed by atoms with van der Waals surface area (Å²) in [7, 11) is 0. The molecule has 0 aliphatic rings. The Morgan fingerprint density at radius 2 is 1.80 bits per heavy atom. The number of hydrogen-bond donors (Lipinski definition) is 2. The molecule has 1 aromatic rings. The highest BCUT2D eigenvalue weighted by Gasteiger charge is 2.05. The van der Waals surface area contributed by atoms with Crippen LogP contribution in [0.25, 0.3) is 0 Å². The first-order valence-corrected chi connectivity index (χ1v) is 6.84. The van der Waals surface area contributed by atoms with Crippen molar-refractivity contribution in [2.45, 2.75) is 26.7 Å². The summed E-state index contributed by atoms with van der Waals surface area (Å²) >= 11 is 0. The fourth-order valence-electron chi connectivity index (χ4n) is 1.49. The Balaban J connectivity index is 2.14. The van der Waals surface area contributed by atoms with Gasteiger partial charge in [-0.1, -0.05) is 24.6 Å². The summed E-state index contributed by atoms with van der Waals surface area (Å²) in [5.74, 6) is 0.382. The highest BCUT2D eigenvalue weighted by molar-refractivity contribution is 5.84. The molecule has 1 aromatic carbocycles. The van der Waals surface area contributed by atoms with Crippen molar-refractivity contribution in [1.82, 2.24) is 10.6 Å². The number of hydrogen-bond acceptors (Lipinski definition) is 3. The summed E-state index contributed by atoms with van der Waals surface area (Å²) < 4.78 is 5.44. The van der Waals surface area contributed by atoms with Gasteiger partial charge in [-0.05, 0) is 25.5 Å². The van der Waals surface area contributed by atoms with Crippen molar-refractivity contribution in [3.63, 3.8) is 0 Å². The number of carbonyl (C=O) groups excluding carboxylic acids is 2. The molecule has 0 aliphatic heterocycles. The molecule has 2 N–H and O–H groups in total. The number of nitrogens with one attached hydrogen (secondary N) is 2. The van der Waals surface area contributed by atoms with Crippen LogP contribution in [0.1, 0.15) is 25.3 Å². The topological polar surface area (TPSA) is 67.4 Å². The maximum atomic E-state index is 11.5. The molecule has 0 heterocycles. The smallest absolute Gasteiger partial charge is 0.239 e. The van der Waals surface area contributed by atoms with Gasteiger partial charge in [-0.25, -0.2) is 0 Å². The molecule has 20 heavy (non-hydrogen) atoms. The largest absolute Gasteiger partial charge is 0.493 e. The van der Waals surface area contributed by atoms with Crippen LogP contribution in [0, 0.1) is 6.92 Å². The molecule has 5 heteroatoms. The molecule has 110 valence electrons. The first-order chi connectivity index (χ1) is 9.61. The maximum absolute atomic E-state index is 11.5. The van der Waals surface area contributed by atoms with Crippen molar-refractivity contribution in [2.24, 2.45) is 0 Å². The third-order valence-corrected chi connectivity index (χ3v) is 2.64. The standard InChI is InChI=1S/C15H22N2O3/c1-3-9-16-15(19)11-17-14(18)8-10-20-13-6-4-12(2)5-7-13/h4-7H,3,8-11H2,1-2H3,(H,16,19)(H,17,18). The van der Waals surface area contributed by atoms with E-state index >= 15 is 0 Å². The summed E-state index contributed by atoms with van der Waals surface area (Å²) in [5, 5.41) is 5.25. The minimum atomic E-state index is -0.191. The normalized spacial score (nSPS) is 9.90. The Labute approximate surface area is 119 Å². The number of amides is 2. The summed E-state index contributed by atoms with van der Waals surface area (Å²) in [4.78, 5) is 22.8. The van der Waals surface area contributed by atoms with Gasteiger partial charge in [0.05, 0.1) is 19.6 Å². The number of ether oxygens (including phenoxy) is 1. The van der Waals surface area contributed by atoms with Crippen LogP contribution in [0.2, 0.25) is 0 Å². The van der Waals surface area contributed by atoms with E-state index in [-0.39, 0.29) is 24.8 Å². The number of carbonyl (C=O) groups is 2. The van der Waals surface area contributed by atoms with E-state index in [9.17, 15) is 9.59 Å². The minimum absolute atomic E-state index is 0.0172. The zero-order valence-electron chi connectivity index (χ0n) is 12.1. The molecular weight excluding hydrogens is 256 g/mol. The fraction of sp³-hybridized carbons (Fsp3) is 0.467. The van der Waals surface area contributed by atoms with Gasteiger partial charge < -0.3 is 15.4 Å². The van der Waals surface area contributed by atoms with E-state index in [1.807, 2.05) is 38.1 Å². The molecule has 0 radical (unpaired) electrons. The molecule has 0 spiro atoms. The first kappa shape index (κ1) is 16.0. The molecule has 2 amide bonds. The molecule has 5 nitrogen and oxygen atoms in total. The minimum Gasteiger partial charge on any atom is -0.493 e. The van der Waals surface area contributed by atoms with Crippen LogP contribution in [0.3, 0.4) is 0 Å². The quantitative estimate of drug-likeness (QED) is 0.755. The van der Waals surface area contributed by atoms with Crippen LogP contribution in [0.15, 0.2) is 24.3 Å². The zero-order chi connectivity index (χ0) is 14.8. The van der Waals surface area contributed by atoms with Crippen LogP contribution in [-0.2, 0) is 9.59 Å². The molecule has 0 saturated carbocycles. The van der Waals surface area contributed by atoms with Crippen molar-refractivity contribution in [3.8, 4) is 5.75 Å². The predicted molar refractivity (Wildman–Crippen MR) is 77.6 cm³/mol. The Kier molecular flexibility index (Phi) is 7.17. The third kappa shape index (κ3) is 6.78. The van der Waals surface area contributed by atoms with Crippen LogP contribution < -0.4 is 15.4 Å². The average molecular weight is 278 g/mol. The van der Waals surface area contributed by atoms with E-state index in [1.165, 1.54) is 0 Å². The van der Waals surface area contributed by atoms with Crippen LogP contribution in [0.4, 0.5) is 0 Å². The Bertz CT molecular complexity index is 429. The molecule has 0 unspecified atom stereocenters. The van der Waals surface area contributed by atoms with Gasteiger partial charge in [-0.2, -0.15) is 0 Å². The van der Waals surface area contributed by atoms with Crippen molar-refractivity contribution in [3.05, 3.63) is 29.8 Å². The lowest BCUT2D eigenvalue weighted by Gasteiger charge is -2.08. The summed E-state index contributed by atoms with van der Waals surface area (Å²) in [6.45, 7) is 4.92. The Morgan fingerprint density at radius 1 is 1.10 bits per heavy atom. The molecule has 1 rings (SSSR count). The van der Waals surface area contributed by atoms with E-state index in [4.69, 9.17) is 4.74 Å². The van der Waals surface area contributed by atoms with E-state index in [0.29, 0.717) is 13.2 Å². The second-order valence-electron chi connectivity index (χ2n) is 4.54. The molecule has 0 atom stereocenters. The predicted octanol–water partition coefficient (Wildman–Crippen LogP) is 1.41. The molecular formula is C15H22N2O3. The number of aryl methyl sites for hydroxylation is 1. The van der Waals surface area contributed by atoms with E-state index in [0.717, 1.165) is 17.7 Å². The van der Waals surface area contributed by atoms with Gasteiger partial charge in [-0.3, -0.25) is 9.59 Å². The second-order valence-corrected chi connectivity index (χ2v) is 4.54. The van der Waals surface area contributed by atoms with E-state index in [1.54, 1.807) is 0 Å². The van der Waals surface area contributed by atoms with Crippen molar-refractivity contribution >= 4 is 11.8 Å². The lowest BCUT2D eigenvalue weighted by Crippen LogP contribution is -2.37. The zero-order valence-corrected chi connectivity index (χ0v) is 12.1. The first-order valence-electron chi connectivity index (χ1n) is 6.84. The lowest BCUT2D eigenvalue weighted by atomic mass is 10.2.